The number of ether oxygens (including phenoxy) is 2. The highest BCUT2D eigenvalue weighted by atomic mass is 35.5. The first-order chi connectivity index (χ1) is 17.8. The normalized spacial score (nSPS) is 10.9. The number of Topliss-reactive ketones (excluding diaryl/α,β-unsaturated/α-hetero) is 2. The van der Waals surface area contributed by atoms with Crippen LogP contribution in [0.25, 0.3) is 10.9 Å². The number of hydrogen-bond donors (Lipinski definition) is 0. The Morgan fingerprint density at radius 2 is 1.62 bits per heavy atom. The lowest BCUT2D eigenvalue weighted by Crippen LogP contribution is -2.42. The van der Waals surface area contributed by atoms with Gasteiger partial charge in [-0.05, 0) is 43.3 Å². The number of para-hydroxylation sites is 2. The number of nitrogens with zero attached hydrogens (tertiary/aromatic N) is 2. The third-order valence-corrected chi connectivity index (χ3v) is 6.20. The molecule has 0 atom stereocenters. The molecule has 0 fully saturated rings. The predicted octanol–water partition coefficient (Wildman–Crippen LogP) is 3.92. The van der Waals surface area contributed by atoms with Gasteiger partial charge in [0, 0.05) is 17.5 Å². The van der Waals surface area contributed by atoms with Crippen LogP contribution in [0.5, 0.6) is 11.5 Å². The predicted molar refractivity (Wildman–Crippen MR) is 141 cm³/mol. The molecule has 0 saturated carbocycles. The third-order valence-electron chi connectivity index (χ3n) is 5.90. The van der Waals surface area contributed by atoms with Gasteiger partial charge in [-0.25, -0.2) is 4.79 Å². The number of rotatable bonds is 10. The van der Waals surface area contributed by atoms with E-state index in [4.69, 9.17) is 21.1 Å². The summed E-state index contributed by atoms with van der Waals surface area (Å²) in [6.07, 6.45) is -0.0215. The van der Waals surface area contributed by atoms with Crippen LogP contribution in [0.3, 0.4) is 0 Å². The van der Waals surface area contributed by atoms with Crippen molar-refractivity contribution in [2.75, 3.05) is 13.7 Å². The van der Waals surface area contributed by atoms with Crippen LogP contribution in [0.4, 0.5) is 0 Å². The highest BCUT2D eigenvalue weighted by molar-refractivity contribution is 6.32. The van der Waals surface area contributed by atoms with Crippen LogP contribution in [-0.2, 0) is 24.3 Å². The van der Waals surface area contributed by atoms with Crippen molar-refractivity contribution in [1.29, 1.82) is 0 Å². The number of aromatic nitrogens is 2. The molecule has 3 aromatic carbocycles. The minimum atomic E-state index is -0.748. The van der Waals surface area contributed by atoms with E-state index in [2.05, 4.69) is 0 Å². The number of halogens is 1. The molecule has 0 unspecified atom stereocenters. The minimum absolute atomic E-state index is 0.0215. The van der Waals surface area contributed by atoms with Crippen LogP contribution >= 0.6 is 11.6 Å². The van der Waals surface area contributed by atoms with E-state index in [-0.39, 0.29) is 40.5 Å². The Balaban J connectivity index is 1.70. The lowest BCUT2D eigenvalue weighted by atomic mass is 10.1. The lowest BCUT2D eigenvalue weighted by Gasteiger charge is -2.14. The molecule has 0 bridgehead atoms. The molecule has 0 aliphatic rings. The van der Waals surface area contributed by atoms with Crippen LogP contribution in [0.1, 0.15) is 22.8 Å². The second-order valence-corrected chi connectivity index (χ2v) is 8.71. The second-order valence-electron chi connectivity index (χ2n) is 8.31. The number of carbonyl (C=O) groups is 2. The molecule has 1 heterocycles. The molecule has 1 aromatic heterocycles. The summed E-state index contributed by atoms with van der Waals surface area (Å²) < 4.78 is 12.8. The Hall–Kier alpha value is -4.17. The number of fused-ring (bicyclic) bond motifs is 1. The zero-order valence-corrected chi connectivity index (χ0v) is 21.2. The molecule has 0 radical (unpaired) electrons. The maximum absolute atomic E-state index is 13.4. The van der Waals surface area contributed by atoms with Crippen molar-refractivity contribution in [3.63, 3.8) is 0 Å². The first-order valence-corrected chi connectivity index (χ1v) is 12.0. The number of hydrogen-bond acceptors (Lipinski definition) is 6. The van der Waals surface area contributed by atoms with Crippen molar-refractivity contribution < 1.29 is 19.1 Å². The van der Waals surface area contributed by atoms with Gasteiger partial charge in [0.25, 0.3) is 5.56 Å². The van der Waals surface area contributed by atoms with E-state index in [9.17, 15) is 19.2 Å². The van der Waals surface area contributed by atoms with Crippen molar-refractivity contribution >= 4 is 34.1 Å². The summed E-state index contributed by atoms with van der Waals surface area (Å²) in [5.41, 5.74) is -0.110. The molecule has 37 heavy (non-hydrogen) atoms. The molecule has 0 aliphatic carbocycles. The summed E-state index contributed by atoms with van der Waals surface area (Å²) in [5.74, 6) is 0.252. The largest absolute Gasteiger partial charge is 0.496 e. The van der Waals surface area contributed by atoms with Gasteiger partial charge in [0.05, 0.1) is 42.7 Å². The minimum Gasteiger partial charge on any atom is -0.496 e. The molecule has 0 amide bonds. The van der Waals surface area contributed by atoms with E-state index in [0.717, 1.165) is 4.57 Å². The number of methoxy groups -OCH3 is 1. The Bertz CT molecular complexity index is 1600. The van der Waals surface area contributed by atoms with E-state index in [1.54, 1.807) is 60.7 Å². The maximum Gasteiger partial charge on any atom is 0.332 e. The van der Waals surface area contributed by atoms with Crippen molar-refractivity contribution in [3.05, 3.63) is 104 Å². The number of benzene rings is 3. The topological polar surface area (TPSA) is 96.6 Å². The fraction of sp³-hybridized carbons (Fsp3) is 0.214. The average Bonchev–Trinajstić information content (AvgIpc) is 2.90. The Morgan fingerprint density at radius 3 is 2.35 bits per heavy atom. The molecule has 190 valence electrons. The van der Waals surface area contributed by atoms with Gasteiger partial charge in [0.2, 0.25) is 0 Å². The quantitative estimate of drug-likeness (QED) is 0.294. The lowest BCUT2D eigenvalue weighted by molar-refractivity contribution is -0.119. The van der Waals surface area contributed by atoms with Gasteiger partial charge in [0.15, 0.2) is 11.6 Å². The van der Waals surface area contributed by atoms with E-state index >= 15 is 0 Å². The summed E-state index contributed by atoms with van der Waals surface area (Å²) in [4.78, 5) is 52.7. The van der Waals surface area contributed by atoms with Crippen molar-refractivity contribution in [2.45, 2.75) is 26.4 Å². The van der Waals surface area contributed by atoms with E-state index in [0.29, 0.717) is 29.2 Å². The van der Waals surface area contributed by atoms with E-state index < -0.39 is 17.8 Å². The van der Waals surface area contributed by atoms with Gasteiger partial charge >= 0.3 is 5.69 Å². The SMILES string of the molecule is CCOc1ccc(C(=O)Cn2c(=O)n(CC(=O)Cc3ccccc3OC)c(=O)c3ccccc32)cc1Cl. The molecule has 0 aliphatic heterocycles. The molecule has 9 heteroatoms. The molecule has 0 saturated heterocycles. The maximum atomic E-state index is 13.4. The summed E-state index contributed by atoms with van der Waals surface area (Å²) >= 11 is 6.24. The van der Waals surface area contributed by atoms with Crippen molar-refractivity contribution in [2.24, 2.45) is 0 Å². The van der Waals surface area contributed by atoms with Gasteiger partial charge in [-0.15, -0.1) is 0 Å². The molecule has 8 nitrogen and oxygen atoms in total. The van der Waals surface area contributed by atoms with Gasteiger partial charge in [0.1, 0.15) is 11.5 Å². The summed E-state index contributed by atoms with van der Waals surface area (Å²) in [7, 11) is 1.50. The zero-order chi connectivity index (χ0) is 26.5. The van der Waals surface area contributed by atoms with Gasteiger partial charge in [-0.3, -0.25) is 23.5 Å². The van der Waals surface area contributed by atoms with E-state index in [1.807, 2.05) is 6.92 Å². The molecule has 0 N–H and O–H groups in total. The summed E-state index contributed by atoms with van der Waals surface area (Å²) in [6, 6.07) is 18.2. The van der Waals surface area contributed by atoms with E-state index in [1.165, 1.54) is 17.7 Å². The monoisotopic (exact) mass is 520 g/mol. The number of ketones is 2. The van der Waals surface area contributed by atoms with Crippen LogP contribution in [0.2, 0.25) is 5.02 Å². The average molecular weight is 521 g/mol. The number of carbonyl (C=O) groups excluding carboxylic acids is 2. The first kappa shape index (κ1) is 25.9. The second kappa shape index (κ2) is 11.3. The first-order valence-electron chi connectivity index (χ1n) is 11.7. The third kappa shape index (κ3) is 5.49. The molecular weight excluding hydrogens is 496 g/mol. The molecule has 4 aromatic rings. The Morgan fingerprint density at radius 1 is 0.892 bits per heavy atom. The highest BCUT2D eigenvalue weighted by Gasteiger charge is 2.19. The van der Waals surface area contributed by atoms with Crippen LogP contribution in [-0.4, -0.2) is 34.4 Å². The van der Waals surface area contributed by atoms with Crippen LogP contribution in [0.15, 0.2) is 76.3 Å². The standard InChI is InChI=1S/C28H25ClN2O6/c1-3-37-26-13-12-18(15-22(26)29)24(33)17-30-23-10-6-5-9-21(23)27(34)31(28(30)35)16-20(32)14-19-8-4-7-11-25(19)36-2/h4-13,15H,3,14,16-17H2,1-2H3. The van der Waals surface area contributed by atoms with Crippen LogP contribution < -0.4 is 20.7 Å². The Labute approximate surface area is 217 Å². The fourth-order valence-electron chi connectivity index (χ4n) is 4.14. The van der Waals surface area contributed by atoms with Crippen molar-refractivity contribution in [3.8, 4) is 11.5 Å². The summed E-state index contributed by atoms with van der Waals surface area (Å²) in [5, 5.41) is 0.501. The smallest absolute Gasteiger partial charge is 0.332 e. The molecule has 4 rings (SSSR count). The molecular formula is C28H25ClN2O6. The fourth-order valence-corrected chi connectivity index (χ4v) is 4.37. The van der Waals surface area contributed by atoms with Crippen LogP contribution in [0, 0.1) is 0 Å². The summed E-state index contributed by atoms with van der Waals surface area (Å²) in [6.45, 7) is 1.46. The van der Waals surface area contributed by atoms with Crippen molar-refractivity contribution in [1.82, 2.24) is 9.13 Å². The van der Waals surface area contributed by atoms with Gasteiger partial charge in [-0.1, -0.05) is 41.9 Å². The Kier molecular flexibility index (Phi) is 7.89. The highest BCUT2D eigenvalue weighted by Crippen LogP contribution is 2.26. The molecule has 0 spiro atoms. The van der Waals surface area contributed by atoms with Gasteiger partial charge in [-0.2, -0.15) is 0 Å². The zero-order valence-electron chi connectivity index (χ0n) is 20.4. The van der Waals surface area contributed by atoms with Gasteiger partial charge < -0.3 is 9.47 Å².